The van der Waals surface area contributed by atoms with Crippen molar-refractivity contribution in [1.82, 2.24) is 10.2 Å². The van der Waals surface area contributed by atoms with E-state index in [0.717, 1.165) is 18.8 Å². The average Bonchev–Trinajstić information content (AvgIpc) is 2.76. The van der Waals surface area contributed by atoms with Crippen molar-refractivity contribution in [3.8, 4) is 11.5 Å². The fourth-order valence-corrected chi connectivity index (χ4v) is 3.20. The van der Waals surface area contributed by atoms with Gasteiger partial charge in [-0.2, -0.15) is 0 Å². The Kier molecular flexibility index (Phi) is 6.94. The van der Waals surface area contributed by atoms with Crippen LogP contribution in [0.3, 0.4) is 0 Å². The largest absolute Gasteiger partial charge is 0.497 e. The number of nitrogens with zero attached hydrogens (tertiary/aromatic N) is 2. The van der Waals surface area contributed by atoms with Gasteiger partial charge in [0, 0.05) is 31.9 Å². The third kappa shape index (κ3) is 5.88. The first kappa shape index (κ1) is 20.5. The summed E-state index contributed by atoms with van der Waals surface area (Å²) in [5, 5.41) is 2.63. The Bertz CT molecular complexity index is 830. The molecular formula is C22H27N3O4. The van der Waals surface area contributed by atoms with Crippen LogP contribution in [0.1, 0.15) is 5.56 Å². The van der Waals surface area contributed by atoms with E-state index in [-0.39, 0.29) is 25.0 Å². The van der Waals surface area contributed by atoms with Gasteiger partial charge in [0.2, 0.25) is 5.91 Å². The van der Waals surface area contributed by atoms with E-state index in [0.29, 0.717) is 18.8 Å². The van der Waals surface area contributed by atoms with Crippen LogP contribution in [0.2, 0.25) is 0 Å². The average molecular weight is 397 g/mol. The third-order valence-electron chi connectivity index (χ3n) is 4.87. The molecule has 2 aromatic carbocycles. The number of ether oxygens (including phenoxy) is 2. The van der Waals surface area contributed by atoms with Gasteiger partial charge in [-0.05, 0) is 48.9 Å². The summed E-state index contributed by atoms with van der Waals surface area (Å²) in [5.74, 6) is 0.883. The molecule has 7 heteroatoms. The van der Waals surface area contributed by atoms with Gasteiger partial charge in [-0.25, -0.2) is 0 Å². The second kappa shape index (κ2) is 9.82. The van der Waals surface area contributed by atoms with Gasteiger partial charge in [0.05, 0.1) is 13.7 Å². The van der Waals surface area contributed by atoms with Crippen LogP contribution in [0.5, 0.6) is 11.5 Å². The molecule has 0 unspecified atom stereocenters. The number of anilines is 1. The van der Waals surface area contributed by atoms with Gasteiger partial charge in [0.25, 0.3) is 5.91 Å². The number of carbonyl (C=O) groups excluding carboxylic acids is 2. The maximum atomic E-state index is 12.4. The summed E-state index contributed by atoms with van der Waals surface area (Å²) in [6.07, 6.45) is 0. The van der Waals surface area contributed by atoms with Gasteiger partial charge in [-0.15, -0.1) is 0 Å². The summed E-state index contributed by atoms with van der Waals surface area (Å²) in [7, 11) is 1.59. The molecule has 0 aliphatic carbocycles. The first-order chi connectivity index (χ1) is 14.0. The zero-order valence-corrected chi connectivity index (χ0v) is 16.9. The standard InChI is InChI=1S/C22H27N3O4/c1-17-4-3-5-18(14-17)24-10-12-25(13-11-24)22(27)15-23-21(26)16-29-20-8-6-19(28-2)7-9-20/h3-9,14H,10-13,15-16H2,1-2H3,(H,23,26). The zero-order chi connectivity index (χ0) is 20.6. The fraction of sp³-hybridized carbons (Fsp3) is 0.364. The molecule has 0 saturated carbocycles. The molecule has 1 heterocycles. The van der Waals surface area contributed by atoms with E-state index in [1.165, 1.54) is 11.3 Å². The van der Waals surface area contributed by atoms with Crippen molar-refractivity contribution in [3.05, 3.63) is 54.1 Å². The van der Waals surface area contributed by atoms with E-state index in [1.54, 1.807) is 36.3 Å². The maximum Gasteiger partial charge on any atom is 0.258 e. The van der Waals surface area contributed by atoms with Crippen LogP contribution >= 0.6 is 0 Å². The van der Waals surface area contributed by atoms with Gasteiger partial charge in [-0.3, -0.25) is 9.59 Å². The van der Waals surface area contributed by atoms with Crippen LogP contribution in [0.25, 0.3) is 0 Å². The second-order valence-corrected chi connectivity index (χ2v) is 6.95. The van der Waals surface area contributed by atoms with Crippen molar-refractivity contribution in [2.75, 3.05) is 51.3 Å². The molecular weight excluding hydrogens is 370 g/mol. The maximum absolute atomic E-state index is 12.4. The van der Waals surface area contributed by atoms with Gasteiger partial charge in [-0.1, -0.05) is 12.1 Å². The molecule has 7 nitrogen and oxygen atoms in total. The van der Waals surface area contributed by atoms with Crippen molar-refractivity contribution >= 4 is 17.5 Å². The molecule has 0 bridgehead atoms. The molecule has 2 aromatic rings. The number of piperazine rings is 1. The number of rotatable bonds is 7. The summed E-state index contributed by atoms with van der Waals surface area (Å²) in [4.78, 5) is 28.4. The number of aryl methyl sites for hydroxylation is 1. The minimum absolute atomic E-state index is 0.0186. The predicted molar refractivity (Wildman–Crippen MR) is 111 cm³/mol. The van der Waals surface area contributed by atoms with Gasteiger partial charge in [0.15, 0.2) is 6.61 Å². The van der Waals surface area contributed by atoms with Crippen LogP contribution in [-0.4, -0.2) is 63.2 Å². The lowest BCUT2D eigenvalue weighted by Gasteiger charge is -2.36. The third-order valence-corrected chi connectivity index (χ3v) is 4.87. The van der Waals surface area contributed by atoms with Crippen molar-refractivity contribution in [3.63, 3.8) is 0 Å². The molecule has 1 fully saturated rings. The molecule has 0 aromatic heterocycles. The molecule has 3 rings (SSSR count). The summed E-state index contributed by atoms with van der Waals surface area (Å²) in [5.41, 5.74) is 2.40. The highest BCUT2D eigenvalue weighted by molar-refractivity contribution is 5.85. The molecule has 1 saturated heterocycles. The van der Waals surface area contributed by atoms with Gasteiger partial charge in [0.1, 0.15) is 11.5 Å². The van der Waals surface area contributed by atoms with Crippen molar-refractivity contribution in [2.45, 2.75) is 6.92 Å². The number of nitrogens with one attached hydrogen (secondary N) is 1. The number of hydrogen-bond donors (Lipinski definition) is 1. The first-order valence-electron chi connectivity index (χ1n) is 9.68. The smallest absolute Gasteiger partial charge is 0.258 e. The van der Waals surface area contributed by atoms with E-state index in [9.17, 15) is 9.59 Å². The Morgan fingerprint density at radius 1 is 1.00 bits per heavy atom. The lowest BCUT2D eigenvalue weighted by molar-refractivity contribution is -0.133. The molecule has 1 N–H and O–H groups in total. The lowest BCUT2D eigenvalue weighted by Crippen LogP contribution is -2.51. The topological polar surface area (TPSA) is 71.1 Å². The zero-order valence-electron chi connectivity index (χ0n) is 16.9. The molecule has 0 radical (unpaired) electrons. The number of methoxy groups -OCH3 is 1. The highest BCUT2D eigenvalue weighted by Gasteiger charge is 2.21. The fourth-order valence-electron chi connectivity index (χ4n) is 3.20. The van der Waals surface area contributed by atoms with Crippen LogP contribution in [0.4, 0.5) is 5.69 Å². The predicted octanol–water partition coefficient (Wildman–Crippen LogP) is 1.85. The van der Waals surface area contributed by atoms with Crippen molar-refractivity contribution in [1.29, 1.82) is 0 Å². The van der Waals surface area contributed by atoms with Crippen LogP contribution < -0.4 is 19.7 Å². The number of amides is 2. The van der Waals surface area contributed by atoms with Crippen LogP contribution in [0, 0.1) is 6.92 Å². The highest BCUT2D eigenvalue weighted by Crippen LogP contribution is 2.18. The minimum Gasteiger partial charge on any atom is -0.497 e. The van der Waals surface area contributed by atoms with Gasteiger partial charge >= 0.3 is 0 Å². The second-order valence-electron chi connectivity index (χ2n) is 6.95. The Balaban J connectivity index is 1.37. The van der Waals surface area contributed by atoms with E-state index in [1.807, 2.05) is 6.07 Å². The molecule has 0 spiro atoms. The Morgan fingerprint density at radius 2 is 1.69 bits per heavy atom. The van der Waals surface area contributed by atoms with Crippen LogP contribution in [-0.2, 0) is 9.59 Å². The Labute approximate surface area is 171 Å². The van der Waals surface area contributed by atoms with Gasteiger partial charge < -0.3 is 24.6 Å². The van der Waals surface area contributed by atoms with Crippen LogP contribution in [0.15, 0.2) is 48.5 Å². The minimum atomic E-state index is -0.326. The van der Waals surface area contributed by atoms with Crippen molar-refractivity contribution < 1.29 is 19.1 Å². The van der Waals surface area contributed by atoms with Crippen molar-refractivity contribution in [2.24, 2.45) is 0 Å². The highest BCUT2D eigenvalue weighted by atomic mass is 16.5. The Morgan fingerprint density at radius 3 is 2.34 bits per heavy atom. The van der Waals surface area contributed by atoms with E-state index in [4.69, 9.17) is 9.47 Å². The summed E-state index contributed by atoms with van der Waals surface area (Å²) in [6.45, 7) is 4.77. The summed E-state index contributed by atoms with van der Waals surface area (Å²) in [6, 6.07) is 15.3. The Hall–Kier alpha value is -3.22. The monoisotopic (exact) mass is 397 g/mol. The first-order valence-corrected chi connectivity index (χ1v) is 9.68. The molecule has 1 aliphatic heterocycles. The number of carbonyl (C=O) groups is 2. The summed E-state index contributed by atoms with van der Waals surface area (Å²) >= 11 is 0. The molecule has 2 amide bonds. The lowest BCUT2D eigenvalue weighted by atomic mass is 10.2. The van der Waals surface area contributed by atoms with E-state index < -0.39 is 0 Å². The number of hydrogen-bond acceptors (Lipinski definition) is 5. The number of benzene rings is 2. The summed E-state index contributed by atoms with van der Waals surface area (Å²) < 4.78 is 10.5. The molecule has 29 heavy (non-hydrogen) atoms. The molecule has 0 atom stereocenters. The normalized spacial score (nSPS) is 13.7. The van der Waals surface area contributed by atoms with E-state index in [2.05, 4.69) is 35.3 Å². The van der Waals surface area contributed by atoms with E-state index >= 15 is 0 Å². The quantitative estimate of drug-likeness (QED) is 0.772. The molecule has 154 valence electrons. The SMILES string of the molecule is COc1ccc(OCC(=O)NCC(=O)N2CCN(c3cccc(C)c3)CC2)cc1. The molecule has 1 aliphatic rings.